The van der Waals surface area contributed by atoms with Gasteiger partial charge in [-0.1, -0.05) is 30.3 Å². The van der Waals surface area contributed by atoms with Crippen molar-refractivity contribution >= 4 is 17.5 Å². The number of amides is 2. The molecule has 0 bridgehead atoms. The second-order valence-electron chi connectivity index (χ2n) is 7.83. The summed E-state index contributed by atoms with van der Waals surface area (Å²) < 4.78 is 5.15. The minimum absolute atomic E-state index is 0.00830. The first-order chi connectivity index (χ1) is 13.5. The number of fused-ring (bicyclic) bond motifs is 3. The normalized spacial score (nSPS) is 18.8. The highest BCUT2D eigenvalue weighted by atomic mass is 16.5. The standard InChI is InChI=1S/C23H26N2O3/c1-15(14-28-3)24(2)23(27)18-12-22(26)25(13-18)19-8-9-21-17(11-19)10-16-6-4-5-7-20(16)21/h4-9,11,15,18H,10,12-14H2,1-3H3/t15-,18+/m0/s1. The van der Waals surface area contributed by atoms with Crippen molar-refractivity contribution in [2.24, 2.45) is 5.92 Å². The highest BCUT2D eigenvalue weighted by Gasteiger charge is 2.37. The Kier molecular flexibility index (Phi) is 4.94. The zero-order valence-corrected chi connectivity index (χ0v) is 16.6. The van der Waals surface area contributed by atoms with Gasteiger partial charge in [-0.2, -0.15) is 0 Å². The number of carbonyl (C=O) groups is 2. The Hall–Kier alpha value is -2.66. The number of hydrogen-bond donors (Lipinski definition) is 0. The van der Waals surface area contributed by atoms with Gasteiger partial charge < -0.3 is 14.5 Å². The maximum Gasteiger partial charge on any atom is 0.228 e. The molecule has 0 aromatic heterocycles. The van der Waals surface area contributed by atoms with Crippen molar-refractivity contribution in [3.63, 3.8) is 0 Å². The number of carbonyl (C=O) groups excluding carboxylic acids is 2. The van der Waals surface area contributed by atoms with Crippen LogP contribution in [0, 0.1) is 5.92 Å². The maximum atomic E-state index is 12.8. The van der Waals surface area contributed by atoms with Crippen molar-refractivity contribution in [3.8, 4) is 11.1 Å². The first-order valence-electron chi connectivity index (χ1n) is 9.76. The summed E-state index contributed by atoms with van der Waals surface area (Å²) in [5.74, 6) is -0.280. The predicted molar refractivity (Wildman–Crippen MR) is 109 cm³/mol. The highest BCUT2D eigenvalue weighted by Crippen LogP contribution is 2.39. The van der Waals surface area contributed by atoms with E-state index in [1.807, 2.05) is 13.0 Å². The lowest BCUT2D eigenvalue weighted by Gasteiger charge is -2.27. The Morgan fingerprint density at radius 1 is 1.21 bits per heavy atom. The number of methoxy groups -OCH3 is 1. The number of nitrogens with zero attached hydrogens (tertiary/aromatic N) is 2. The molecule has 0 spiro atoms. The van der Waals surface area contributed by atoms with E-state index in [1.54, 1.807) is 24.0 Å². The van der Waals surface area contributed by atoms with Gasteiger partial charge in [0.05, 0.1) is 18.6 Å². The molecule has 146 valence electrons. The third-order valence-corrected chi connectivity index (χ3v) is 5.98. The van der Waals surface area contributed by atoms with Crippen LogP contribution in [0.15, 0.2) is 42.5 Å². The summed E-state index contributed by atoms with van der Waals surface area (Å²) in [7, 11) is 3.41. The molecule has 5 heteroatoms. The molecular weight excluding hydrogens is 352 g/mol. The second kappa shape index (κ2) is 7.40. The molecule has 2 aromatic carbocycles. The topological polar surface area (TPSA) is 49.9 Å². The van der Waals surface area contributed by atoms with E-state index in [0.29, 0.717) is 13.2 Å². The van der Waals surface area contributed by atoms with Crippen LogP contribution in [-0.4, -0.2) is 50.1 Å². The SMILES string of the molecule is COC[C@H](C)N(C)C(=O)[C@@H]1CC(=O)N(c2ccc3c(c2)Cc2ccccc2-3)C1. The van der Waals surface area contributed by atoms with Gasteiger partial charge in [0.2, 0.25) is 11.8 Å². The molecule has 1 aliphatic heterocycles. The van der Waals surface area contributed by atoms with E-state index < -0.39 is 0 Å². The van der Waals surface area contributed by atoms with E-state index in [4.69, 9.17) is 4.74 Å². The Morgan fingerprint density at radius 2 is 1.96 bits per heavy atom. The minimum atomic E-state index is -0.303. The van der Waals surface area contributed by atoms with Crippen LogP contribution in [0.4, 0.5) is 5.69 Å². The summed E-state index contributed by atoms with van der Waals surface area (Å²) in [5.41, 5.74) is 5.97. The van der Waals surface area contributed by atoms with E-state index in [0.717, 1.165) is 12.1 Å². The molecule has 5 nitrogen and oxygen atoms in total. The lowest BCUT2D eigenvalue weighted by Crippen LogP contribution is -2.42. The molecule has 1 aliphatic carbocycles. The summed E-state index contributed by atoms with van der Waals surface area (Å²) in [4.78, 5) is 28.9. The van der Waals surface area contributed by atoms with E-state index in [1.165, 1.54) is 22.3 Å². The average molecular weight is 378 g/mol. The van der Waals surface area contributed by atoms with Crippen LogP contribution in [0.2, 0.25) is 0 Å². The zero-order valence-electron chi connectivity index (χ0n) is 16.6. The molecule has 1 heterocycles. The van der Waals surface area contributed by atoms with Crippen molar-refractivity contribution < 1.29 is 14.3 Å². The first kappa shape index (κ1) is 18.7. The van der Waals surface area contributed by atoms with Gasteiger partial charge in [0, 0.05) is 32.8 Å². The molecule has 0 radical (unpaired) electrons. The van der Waals surface area contributed by atoms with Gasteiger partial charge in [-0.15, -0.1) is 0 Å². The van der Waals surface area contributed by atoms with Crippen molar-refractivity contribution in [2.45, 2.75) is 25.8 Å². The van der Waals surface area contributed by atoms with Gasteiger partial charge >= 0.3 is 0 Å². The predicted octanol–water partition coefficient (Wildman–Crippen LogP) is 3.10. The fraction of sp³-hybridized carbons (Fsp3) is 0.391. The first-order valence-corrected chi connectivity index (χ1v) is 9.76. The minimum Gasteiger partial charge on any atom is -0.383 e. The van der Waals surface area contributed by atoms with Gasteiger partial charge in [-0.25, -0.2) is 0 Å². The Bertz CT molecular complexity index is 924. The van der Waals surface area contributed by atoms with E-state index >= 15 is 0 Å². The third kappa shape index (κ3) is 3.20. The Labute approximate surface area is 165 Å². The Morgan fingerprint density at radius 3 is 2.75 bits per heavy atom. The van der Waals surface area contributed by atoms with Gasteiger partial charge in [0.1, 0.15) is 0 Å². The molecule has 0 N–H and O–H groups in total. The van der Waals surface area contributed by atoms with Crippen molar-refractivity contribution in [2.75, 3.05) is 32.2 Å². The van der Waals surface area contributed by atoms with E-state index in [2.05, 4.69) is 36.4 Å². The number of benzene rings is 2. The van der Waals surface area contributed by atoms with Crippen LogP contribution in [0.25, 0.3) is 11.1 Å². The van der Waals surface area contributed by atoms with Crippen LogP contribution >= 0.6 is 0 Å². The lowest BCUT2D eigenvalue weighted by atomic mass is 10.1. The monoisotopic (exact) mass is 378 g/mol. The Balaban J connectivity index is 1.51. The fourth-order valence-electron chi connectivity index (χ4n) is 4.28. The number of rotatable bonds is 5. The van der Waals surface area contributed by atoms with Crippen molar-refractivity contribution in [1.82, 2.24) is 4.90 Å². The third-order valence-electron chi connectivity index (χ3n) is 5.98. The quantitative estimate of drug-likeness (QED) is 0.685. The van der Waals surface area contributed by atoms with Crippen molar-refractivity contribution in [3.05, 3.63) is 53.6 Å². The average Bonchev–Trinajstić information content (AvgIpc) is 3.26. The summed E-state index contributed by atoms with van der Waals surface area (Å²) in [6.45, 7) is 2.87. The molecule has 0 saturated carbocycles. The molecule has 28 heavy (non-hydrogen) atoms. The number of ether oxygens (including phenoxy) is 1. The van der Waals surface area contributed by atoms with Crippen LogP contribution in [0.5, 0.6) is 0 Å². The number of hydrogen-bond acceptors (Lipinski definition) is 3. The molecule has 2 atom stereocenters. The van der Waals surface area contributed by atoms with Crippen LogP contribution in [-0.2, 0) is 20.7 Å². The number of anilines is 1. The smallest absolute Gasteiger partial charge is 0.228 e. The molecule has 2 aliphatic rings. The van der Waals surface area contributed by atoms with Crippen LogP contribution < -0.4 is 4.90 Å². The molecule has 1 saturated heterocycles. The molecule has 2 aromatic rings. The summed E-state index contributed by atoms with van der Waals surface area (Å²) >= 11 is 0. The summed E-state index contributed by atoms with van der Waals surface area (Å²) in [6.07, 6.45) is 1.15. The largest absolute Gasteiger partial charge is 0.383 e. The van der Waals surface area contributed by atoms with Gasteiger partial charge in [-0.05, 0) is 47.7 Å². The van der Waals surface area contributed by atoms with Crippen LogP contribution in [0.3, 0.4) is 0 Å². The molecule has 2 amide bonds. The molecular formula is C23H26N2O3. The summed E-state index contributed by atoms with van der Waals surface area (Å²) in [5, 5.41) is 0. The molecule has 1 fully saturated rings. The van der Waals surface area contributed by atoms with Gasteiger partial charge in [0.15, 0.2) is 0 Å². The van der Waals surface area contributed by atoms with E-state index in [9.17, 15) is 9.59 Å². The molecule has 4 rings (SSSR count). The zero-order chi connectivity index (χ0) is 19.8. The van der Waals surface area contributed by atoms with Crippen LogP contribution in [0.1, 0.15) is 24.5 Å². The highest BCUT2D eigenvalue weighted by molar-refractivity contribution is 6.00. The van der Waals surface area contributed by atoms with Crippen molar-refractivity contribution in [1.29, 1.82) is 0 Å². The molecule has 0 unspecified atom stereocenters. The fourth-order valence-corrected chi connectivity index (χ4v) is 4.28. The second-order valence-corrected chi connectivity index (χ2v) is 7.83. The van der Waals surface area contributed by atoms with E-state index in [-0.39, 0.29) is 30.2 Å². The van der Waals surface area contributed by atoms with Gasteiger partial charge in [0.25, 0.3) is 0 Å². The summed E-state index contributed by atoms with van der Waals surface area (Å²) in [6, 6.07) is 14.6. The van der Waals surface area contributed by atoms with Gasteiger partial charge in [-0.3, -0.25) is 9.59 Å². The lowest BCUT2D eigenvalue weighted by molar-refractivity contribution is -0.137. The maximum absolute atomic E-state index is 12.8. The number of likely N-dealkylation sites (N-methyl/N-ethyl adjacent to an activating group) is 1.